The quantitative estimate of drug-likeness (QED) is 0.836. The van der Waals surface area contributed by atoms with Gasteiger partial charge in [0.2, 0.25) is 0 Å². The van der Waals surface area contributed by atoms with E-state index in [0.29, 0.717) is 0 Å². The van der Waals surface area contributed by atoms with E-state index in [4.69, 9.17) is 5.73 Å². The molecule has 2 rings (SSSR count). The molecule has 0 fully saturated rings. The summed E-state index contributed by atoms with van der Waals surface area (Å²) in [4.78, 5) is 14.4. The first-order valence-electron chi connectivity index (χ1n) is 4.73. The highest BCUT2D eigenvalue weighted by Crippen LogP contribution is 2.26. The van der Waals surface area contributed by atoms with Crippen molar-refractivity contribution in [3.05, 3.63) is 34.4 Å². The molecule has 0 aliphatic rings. The average molecular weight is 320 g/mol. The average Bonchev–Trinajstić information content (AvgIpc) is 2.69. The standard InChI is InChI=1S/C11H11BrN2O2.ClH/c1-16-11(15)10(13)8-5-14-9-3-2-6(12)4-7(8)9;/h2-5,10,14H,13H2,1H3;1H/t10-;/m1./s1. The number of rotatable bonds is 2. The van der Waals surface area contributed by atoms with Crippen molar-refractivity contribution < 1.29 is 9.53 Å². The van der Waals surface area contributed by atoms with Crippen LogP contribution in [0.4, 0.5) is 0 Å². The molecule has 0 radical (unpaired) electrons. The number of nitrogens with one attached hydrogen (secondary N) is 1. The molecule has 6 heteroatoms. The minimum Gasteiger partial charge on any atom is -0.468 e. The zero-order valence-corrected chi connectivity index (χ0v) is 11.5. The molecule has 0 unspecified atom stereocenters. The lowest BCUT2D eigenvalue weighted by molar-refractivity contribution is -0.142. The second-order valence-corrected chi connectivity index (χ2v) is 4.35. The number of hydrogen-bond donors (Lipinski definition) is 2. The lowest BCUT2D eigenvalue weighted by Crippen LogP contribution is -2.22. The van der Waals surface area contributed by atoms with E-state index in [9.17, 15) is 4.79 Å². The fraction of sp³-hybridized carbons (Fsp3) is 0.182. The van der Waals surface area contributed by atoms with Crippen LogP contribution in [0.3, 0.4) is 0 Å². The molecule has 0 bridgehead atoms. The maximum Gasteiger partial charge on any atom is 0.327 e. The van der Waals surface area contributed by atoms with Gasteiger partial charge in [0.05, 0.1) is 7.11 Å². The van der Waals surface area contributed by atoms with Crippen LogP contribution in [0.15, 0.2) is 28.9 Å². The number of benzene rings is 1. The summed E-state index contributed by atoms with van der Waals surface area (Å²) in [5.74, 6) is -0.444. The fourth-order valence-corrected chi connectivity index (χ4v) is 1.99. The molecule has 0 amide bonds. The molecular weight excluding hydrogens is 307 g/mol. The Morgan fingerprint density at radius 3 is 2.88 bits per heavy atom. The number of aromatic nitrogens is 1. The number of aromatic amines is 1. The summed E-state index contributed by atoms with van der Waals surface area (Å²) in [6.45, 7) is 0. The van der Waals surface area contributed by atoms with E-state index < -0.39 is 12.0 Å². The molecule has 1 heterocycles. The monoisotopic (exact) mass is 318 g/mol. The van der Waals surface area contributed by atoms with Crippen molar-refractivity contribution >= 4 is 45.2 Å². The number of nitrogens with two attached hydrogens (primary N) is 1. The van der Waals surface area contributed by atoms with Crippen molar-refractivity contribution in [2.45, 2.75) is 6.04 Å². The van der Waals surface area contributed by atoms with Crippen molar-refractivity contribution in [1.82, 2.24) is 4.98 Å². The lowest BCUT2D eigenvalue weighted by Gasteiger charge is -2.07. The van der Waals surface area contributed by atoms with Crippen molar-refractivity contribution in [2.75, 3.05) is 7.11 Å². The summed E-state index contributed by atoms with van der Waals surface area (Å²) in [5.41, 5.74) is 7.48. The van der Waals surface area contributed by atoms with Crippen LogP contribution in [0.5, 0.6) is 0 Å². The van der Waals surface area contributed by atoms with E-state index in [1.165, 1.54) is 7.11 Å². The zero-order valence-electron chi connectivity index (χ0n) is 9.07. The van der Waals surface area contributed by atoms with Gasteiger partial charge in [0.1, 0.15) is 6.04 Å². The van der Waals surface area contributed by atoms with E-state index in [-0.39, 0.29) is 12.4 Å². The summed E-state index contributed by atoms with van der Waals surface area (Å²) >= 11 is 3.38. The molecule has 92 valence electrons. The van der Waals surface area contributed by atoms with Gasteiger partial charge in [-0.3, -0.25) is 4.79 Å². The third-order valence-corrected chi connectivity index (χ3v) is 2.96. The number of halogens is 2. The third kappa shape index (κ3) is 2.62. The van der Waals surface area contributed by atoms with Crippen LogP contribution in [-0.2, 0) is 9.53 Å². The SMILES string of the molecule is COC(=O)[C@H](N)c1c[nH]c2ccc(Br)cc12.Cl. The van der Waals surface area contributed by atoms with Gasteiger partial charge in [-0.25, -0.2) is 0 Å². The van der Waals surface area contributed by atoms with E-state index in [1.54, 1.807) is 6.20 Å². The van der Waals surface area contributed by atoms with Crippen LogP contribution in [0.2, 0.25) is 0 Å². The van der Waals surface area contributed by atoms with Crippen molar-refractivity contribution in [2.24, 2.45) is 5.73 Å². The number of esters is 1. The van der Waals surface area contributed by atoms with Gasteiger partial charge in [0, 0.05) is 27.1 Å². The van der Waals surface area contributed by atoms with E-state index in [1.807, 2.05) is 18.2 Å². The van der Waals surface area contributed by atoms with Crippen LogP contribution in [0.1, 0.15) is 11.6 Å². The summed E-state index contributed by atoms with van der Waals surface area (Å²) in [6.07, 6.45) is 1.73. The van der Waals surface area contributed by atoms with Crippen LogP contribution < -0.4 is 5.73 Å². The Bertz CT molecular complexity index is 541. The maximum atomic E-state index is 11.4. The van der Waals surface area contributed by atoms with Gasteiger partial charge in [-0.15, -0.1) is 12.4 Å². The predicted octanol–water partition coefficient (Wildman–Crippen LogP) is 2.52. The predicted molar refractivity (Wildman–Crippen MR) is 72.2 cm³/mol. The molecule has 1 atom stereocenters. The number of ether oxygens (including phenoxy) is 1. The first kappa shape index (κ1) is 14.0. The summed E-state index contributed by atoms with van der Waals surface area (Å²) in [5, 5.41) is 0.923. The minimum absolute atomic E-state index is 0. The molecule has 4 nitrogen and oxygen atoms in total. The Balaban J connectivity index is 0.00000144. The molecule has 0 spiro atoms. The molecule has 3 N–H and O–H groups in total. The summed E-state index contributed by atoms with van der Waals surface area (Å²) in [6, 6.07) is 5.01. The van der Waals surface area contributed by atoms with Gasteiger partial charge < -0.3 is 15.5 Å². The second-order valence-electron chi connectivity index (χ2n) is 3.43. The van der Waals surface area contributed by atoms with Crippen molar-refractivity contribution in [3.63, 3.8) is 0 Å². The normalized spacial score (nSPS) is 11.9. The first-order valence-corrected chi connectivity index (χ1v) is 5.52. The van der Waals surface area contributed by atoms with E-state index in [2.05, 4.69) is 25.7 Å². The van der Waals surface area contributed by atoms with Crippen LogP contribution in [0, 0.1) is 0 Å². The zero-order chi connectivity index (χ0) is 11.7. The van der Waals surface area contributed by atoms with Gasteiger partial charge in [0.25, 0.3) is 0 Å². The van der Waals surface area contributed by atoms with Crippen LogP contribution in [0.25, 0.3) is 10.9 Å². The topological polar surface area (TPSA) is 68.1 Å². The molecular formula is C11H12BrClN2O2. The van der Waals surface area contributed by atoms with Crippen LogP contribution >= 0.6 is 28.3 Å². The van der Waals surface area contributed by atoms with Gasteiger partial charge in [-0.05, 0) is 18.2 Å². The highest BCUT2D eigenvalue weighted by molar-refractivity contribution is 9.10. The van der Waals surface area contributed by atoms with Crippen molar-refractivity contribution in [3.8, 4) is 0 Å². The van der Waals surface area contributed by atoms with Crippen LogP contribution in [-0.4, -0.2) is 18.1 Å². The number of carbonyl (C=O) groups is 1. The molecule has 2 aromatic rings. The summed E-state index contributed by atoms with van der Waals surface area (Å²) < 4.78 is 5.57. The Hall–Kier alpha value is -1.04. The van der Waals surface area contributed by atoms with Gasteiger partial charge in [-0.1, -0.05) is 15.9 Å². The molecule has 0 aliphatic heterocycles. The molecule has 1 aromatic carbocycles. The van der Waals surface area contributed by atoms with Gasteiger partial charge in [-0.2, -0.15) is 0 Å². The van der Waals surface area contributed by atoms with E-state index in [0.717, 1.165) is 20.9 Å². The smallest absolute Gasteiger partial charge is 0.327 e. The number of carbonyl (C=O) groups excluding carboxylic acids is 1. The first-order chi connectivity index (χ1) is 7.63. The molecule has 0 saturated carbocycles. The fourth-order valence-electron chi connectivity index (χ4n) is 1.63. The Morgan fingerprint density at radius 1 is 1.53 bits per heavy atom. The Labute approximate surface area is 113 Å². The highest BCUT2D eigenvalue weighted by Gasteiger charge is 2.19. The van der Waals surface area contributed by atoms with Crippen molar-refractivity contribution in [1.29, 1.82) is 0 Å². The Morgan fingerprint density at radius 2 is 2.24 bits per heavy atom. The number of methoxy groups -OCH3 is 1. The minimum atomic E-state index is -0.756. The largest absolute Gasteiger partial charge is 0.468 e. The number of fused-ring (bicyclic) bond motifs is 1. The van der Waals surface area contributed by atoms with Gasteiger partial charge in [0.15, 0.2) is 0 Å². The Kier molecular flexibility index (Phi) is 4.56. The molecule has 0 aliphatic carbocycles. The summed E-state index contributed by atoms with van der Waals surface area (Å²) in [7, 11) is 1.33. The van der Waals surface area contributed by atoms with Gasteiger partial charge >= 0.3 is 5.97 Å². The van der Waals surface area contributed by atoms with E-state index >= 15 is 0 Å². The number of hydrogen-bond acceptors (Lipinski definition) is 3. The third-order valence-electron chi connectivity index (χ3n) is 2.47. The molecule has 0 saturated heterocycles. The highest BCUT2D eigenvalue weighted by atomic mass is 79.9. The number of H-pyrrole nitrogens is 1. The molecule has 17 heavy (non-hydrogen) atoms. The maximum absolute atomic E-state index is 11.4. The molecule has 1 aromatic heterocycles. The second kappa shape index (κ2) is 5.53. The lowest BCUT2D eigenvalue weighted by atomic mass is 10.1.